The van der Waals surface area contributed by atoms with Crippen LogP contribution in [-0.4, -0.2) is 40.2 Å². The van der Waals surface area contributed by atoms with Crippen molar-refractivity contribution in [3.8, 4) is 0 Å². The number of nitrogens with one attached hydrogen (secondary N) is 2. The molecule has 0 radical (unpaired) electrons. The van der Waals surface area contributed by atoms with Crippen LogP contribution in [0.1, 0.15) is 26.7 Å². The van der Waals surface area contributed by atoms with Gasteiger partial charge in [-0.2, -0.15) is 0 Å². The van der Waals surface area contributed by atoms with E-state index in [-0.39, 0.29) is 41.6 Å². The first-order chi connectivity index (χ1) is 8.91. The van der Waals surface area contributed by atoms with Gasteiger partial charge in [0.25, 0.3) is 0 Å². The maximum atomic E-state index is 11.3. The van der Waals surface area contributed by atoms with Gasteiger partial charge in [0.15, 0.2) is 10.2 Å². The van der Waals surface area contributed by atoms with Crippen LogP contribution in [0.4, 0.5) is 0 Å². The molecular formula is C11H18N2O4S2. The van der Waals surface area contributed by atoms with Crippen LogP contribution in [0.25, 0.3) is 0 Å². The molecule has 0 aliphatic rings. The summed E-state index contributed by atoms with van der Waals surface area (Å²) in [6, 6.07) is 0. The van der Waals surface area contributed by atoms with Crippen LogP contribution < -0.4 is 10.6 Å². The second-order valence-electron chi connectivity index (χ2n) is 3.56. The fourth-order valence-corrected chi connectivity index (χ4v) is 2.14. The molecular weight excluding hydrogens is 288 g/mol. The second-order valence-corrected chi connectivity index (χ2v) is 6.10. The summed E-state index contributed by atoms with van der Waals surface area (Å²) in [5.41, 5.74) is 0. The van der Waals surface area contributed by atoms with Crippen molar-refractivity contribution in [2.75, 3.05) is 18.2 Å². The molecule has 0 aromatic carbocycles. The number of hydrogen-bond donors (Lipinski definition) is 2. The topological polar surface area (TPSA) is 92.3 Å². The molecule has 0 saturated carbocycles. The molecule has 0 fully saturated rings. The molecule has 0 heterocycles. The van der Waals surface area contributed by atoms with Gasteiger partial charge in [0.2, 0.25) is 11.8 Å². The minimum Gasteiger partial charge on any atom is -0.339 e. The quantitative estimate of drug-likeness (QED) is 0.635. The van der Waals surface area contributed by atoms with E-state index < -0.39 is 0 Å². The van der Waals surface area contributed by atoms with Gasteiger partial charge in [0.1, 0.15) is 0 Å². The maximum absolute atomic E-state index is 11.3. The van der Waals surface area contributed by atoms with Crippen molar-refractivity contribution in [2.24, 2.45) is 0 Å². The first kappa shape index (κ1) is 18.0. The van der Waals surface area contributed by atoms with E-state index in [2.05, 4.69) is 10.6 Å². The molecule has 0 atom stereocenters. The molecule has 8 heteroatoms. The number of carbonyl (C=O) groups is 4. The van der Waals surface area contributed by atoms with Gasteiger partial charge in [0.05, 0.1) is 6.67 Å². The van der Waals surface area contributed by atoms with E-state index in [9.17, 15) is 19.2 Å². The average molecular weight is 306 g/mol. The third-order valence-corrected chi connectivity index (χ3v) is 3.47. The smallest absolute Gasteiger partial charge is 0.222 e. The predicted molar refractivity (Wildman–Crippen MR) is 76.7 cm³/mol. The Bertz CT molecular complexity index is 316. The van der Waals surface area contributed by atoms with Gasteiger partial charge in [-0.15, -0.1) is 0 Å². The Kier molecular flexibility index (Phi) is 10.3. The van der Waals surface area contributed by atoms with Crippen LogP contribution in [0, 0.1) is 0 Å². The van der Waals surface area contributed by atoms with Gasteiger partial charge < -0.3 is 10.6 Å². The Morgan fingerprint density at radius 2 is 1.16 bits per heavy atom. The fraction of sp³-hybridized carbons (Fsp3) is 0.636. The summed E-state index contributed by atoms with van der Waals surface area (Å²) in [6.45, 7) is 2.96. The molecule has 2 N–H and O–H groups in total. The highest BCUT2D eigenvalue weighted by Crippen LogP contribution is 2.03. The number of carbonyl (C=O) groups excluding carboxylic acids is 4. The SMILES string of the molecule is CC(=O)SCCC(=O)NCNC(=O)CCSC(C)=O. The zero-order valence-electron chi connectivity index (χ0n) is 11.0. The summed E-state index contributed by atoms with van der Waals surface area (Å²) in [7, 11) is 0. The van der Waals surface area contributed by atoms with Crippen molar-refractivity contribution < 1.29 is 19.2 Å². The third-order valence-electron chi connectivity index (χ3n) is 1.84. The van der Waals surface area contributed by atoms with E-state index in [1.165, 1.54) is 13.8 Å². The van der Waals surface area contributed by atoms with Gasteiger partial charge in [-0.05, 0) is 0 Å². The van der Waals surface area contributed by atoms with Gasteiger partial charge in [-0.25, -0.2) is 0 Å². The van der Waals surface area contributed by atoms with Crippen molar-refractivity contribution in [1.29, 1.82) is 0 Å². The molecule has 0 aromatic heterocycles. The van der Waals surface area contributed by atoms with E-state index >= 15 is 0 Å². The standard InChI is InChI=1S/C11H18N2O4S2/c1-8(14)18-5-3-10(16)12-7-13-11(17)4-6-19-9(2)15/h3-7H2,1-2H3,(H,12,16)(H,13,17). The normalized spacial score (nSPS) is 9.79. The maximum Gasteiger partial charge on any atom is 0.222 e. The van der Waals surface area contributed by atoms with Crippen LogP contribution in [-0.2, 0) is 19.2 Å². The minimum atomic E-state index is -0.216. The lowest BCUT2D eigenvalue weighted by atomic mass is 10.4. The van der Waals surface area contributed by atoms with E-state index in [0.717, 1.165) is 23.5 Å². The van der Waals surface area contributed by atoms with Gasteiger partial charge in [-0.3, -0.25) is 19.2 Å². The third kappa shape index (κ3) is 13.2. The van der Waals surface area contributed by atoms with Crippen molar-refractivity contribution in [2.45, 2.75) is 26.7 Å². The minimum absolute atomic E-state index is 0.0240. The summed E-state index contributed by atoms with van der Waals surface area (Å²) in [6.07, 6.45) is 0.473. The highest BCUT2D eigenvalue weighted by atomic mass is 32.2. The van der Waals surface area contributed by atoms with Crippen molar-refractivity contribution in [1.82, 2.24) is 10.6 Å². The average Bonchev–Trinajstić information content (AvgIpc) is 2.27. The fourth-order valence-electron chi connectivity index (χ4n) is 0.993. The Balaban J connectivity index is 3.50. The molecule has 0 bridgehead atoms. The van der Waals surface area contributed by atoms with Crippen LogP contribution in [0.15, 0.2) is 0 Å². The Labute approximate surface area is 120 Å². The first-order valence-electron chi connectivity index (χ1n) is 5.72. The number of thioether (sulfide) groups is 2. The lowest BCUT2D eigenvalue weighted by molar-refractivity contribution is -0.122. The zero-order valence-corrected chi connectivity index (χ0v) is 12.6. The lowest BCUT2D eigenvalue weighted by Crippen LogP contribution is -2.37. The molecule has 0 unspecified atom stereocenters. The molecule has 0 rings (SSSR count). The van der Waals surface area contributed by atoms with Crippen molar-refractivity contribution in [3.05, 3.63) is 0 Å². The van der Waals surface area contributed by atoms with Crippen LogP contribution in [0.3, 0.4) is 0 Å². The molecule has 0 aliphatic carbocycles. The summed E-state index contributed by atoms with van der Waals surface area (Å²) >= 11 is 2.18. The van der Waals surface area contributed by atoms with E-state index in [1.807, 2.05) is 0 Å². The second kappa shape index (κ2) is 10.9. The molecule has 108 valence electrons. The zero-order chi connectivity index (χ0) is 14.7. The number of hydrogen-bond acceptors (Lipinski definition) is 6. The molecule has 0 aliphatic heterocycles. The Morgan fingerprint density at radius 1 is 0.789 bits per heavy atom. The highest BCUT2D eigenvalue weighted by Gasteiger charge is 2.05. The Hall–Kier alpha value is -1.02. The Morgan fingerprint density at radius 3 is 1.47 bits per heavy atom. The molecule has 0 spiro atoms. The van der Waals surface area contributed by atoms with Crippen molar-refractivity contribution >= 4 is 45.6 Å². The molecule has 6 nitrogen and oxygen atoms in total. The number of amides is 2. The molecule has 0 saturated heterocycles. The van der Waals surface area contributed by atoms with Gasteiger partial charge in [0, 0.05) is 38.2 Å². The summed E-state index contributed by atoms with van der Waals surface area (Å²) in [5.74, 6) is 0.439. The van der Waals surface area contributed by atoms with E-state index in [0.29, 0.717) is 11.5 Å². The van der Waals surface area contributed by atoms with Crippen LogP contribution >= 0.6 is 23.5 Å². The summed E-state index contributed by atoms with van der Waals surface area (Å²) in [4.78, 5) is 43.8. The first-order valence-corrected chi connectivity index (χ1v) is 7.69. The largest absolute Gasteiger partial charge is 0.339 e. The summed E-state index contributed by atoms with van der Waals surface area (Å²) in [5, 5.41) is 4.99. The lowest BCUT2D eigenvalue weighted by Gasteiger charge is -2.06. The van der Waals surface area contributed by atoms with Crippen molar-refractivity contribution in [3.63, 3.8) is 0 Å². The van der Waals surface area contributed by atoms with E-state index in [4.69, 9.17) is 0 Å². The van der Waals surface area contributed by atoms with Crippen LogP contribution in [0.5, 0.6) is 0 Å². The van der Waals surface area contributed by atoms with Gasteiger partial charge in [-0.1, -0.05) is 23.5 Å². The summed E-state index contributed by atoms with van der Waals surface area (Å²) < 4.78 is 0. The van der Waals surface area contributed by atoms with E-state index in [1.54, 1.807) is 0 Å². The van der Waals surface area contributed by atoms with Gasteiger partial charge >= 0.3 is 0 Å². The van der Waals surface area contributed by atoms with Crippen LogP contribution in [0.2, 0.25) is 0 Å². The molecule has 19 heavy (non-hydrogen) atoms. The number of rotatable bonds is 8. The molecule has 2 amide bonds. The molecule has 0 aromatic rings. The highest BCUT2D eigenvalue weighted by molar-refractivity contribution is 8.13. The monoisotopic (exact) mass is 306 g/mol. The predicted octanol–water partition coefficient (Wildman–Crippen LogP) is 0.516.